The molecule has 7 heteroatoms. The van der Waals surface area contributed by atoms with Gasteiger partial charge < -0.3 is 10.3 Å². The van der Waals surface area contributed by atoms with Crippen molar-refractivity contribution in [3.05, 3.63) is 82.7 Å². The Labute approximate surface area is 176 Å². The van der Waals surface area contributed by atoms with Crippen molar-refractivity contribution in [3.8, 4) is 0 Å². The van der Waals surface area contributed by atoms with E-state index in [0.717, 1.165) is 17.7 Å². The van der Waals surface area contributed by atoms with E-state index in [-0.39, 0.29) is 23.6 Å². The molecule has 159 valence electrons. The number of fused-ring (bicyclic) bond motifs is 3. The monoisotopic (exact) mass is 427 g/mol. The summed E-state index contributed by atoms with van der Waals surface area (Å²) in [6, 6.07) is 14.5. The number of hydrogen-bond acceptors (Lipinski definition) is 1. The second-order valence-electron chi connectivity index (χ2n) is 7.80. The first-order valence-corrected chi connectivity index (χ1v) is 9.70. The van der Waals surface area contributed by atoms with E-state index in [2.05, 4.69) is 6.07 Å². The van der Waals surface area contributed by atoms with Gasteiger partial charge in [-0.25, -0.2) is 4.39 Å². The van der Waals surface area contributed by atoms with Crippen molar-refractivity contribution in [2.75, 3.05) is 0 Å². The van der Waals surface area contributed by atoms with Crippen LogP contribution < -0.4 is 5.73 Å². The number of benzene rings is 3. The van der Waals surface area contributed by atoms with Crippen LogP contribution in [0.3, 0.4) is 0 Å². The molecule has 0 fully saturated rings. The Balaban J connectivity index is 2.05. The van der Waals surface area contributed by atoms with Gasteiger partial charge >= 0.3 is 6.18 Å². The van der Waals surface area contributed by atoms with Gasteiger partial charge in [0.05, 0.1) is 16.6 Å². The van der Waals surface area contributed by atoms with Crippen LogP contribution in [0.15, 0.2) is 48.5 Å². The number of halogens is 4. The van der Waals surface area contributed by atoms with Crippen molar-refractivity contribution >= 4 is 27.7 Å². The van der Waals surface area contributed by atoms with Crippen LogP contribution in [-0.4, -0.2) is 10.5 Å². The predicted molar refractivity (Wildman–Crippen MR) is 111 cm³/mol. The Hall–Kier alpha value is -3.35. The van der Waals surface area contributed by atoms with Crippen molar-refractivity contribution in [1.29, 1.82) is 0 Å². The van der Waals surface area contributed by atoms with Crippen LogP contribution in [0, 0.1) is 11.9 Å². The number of nitrogens with zero attached hydrogens (tertiary/aromatic N) is 1. The third-order valence-electron chi connectivity index (χ3n) is 5.45. The molecule has 1 amide bonds. The van der Waals surface area contributed by atoms with E-state index in [0.29, 0.717) is 27.9 Å². The number of amides is 1. The molecule has 0 atom stereocenters. The van der Waals surface area contributed by atoms with Crippen LogP contribution in [0.4, 0.5) is 17.6 Å². The van der Waals surface area contributed by atoms with Crippen LogP contribution >= 0.6 is 0 Å². The van der Waals surface area contributed by atoms with E-state index in [1.54, 1.807) is 22.8 Å². The first kappa shape index (κ1) is 20.9. The lowest BCUT2D eigenvalue weighted by Gasteiger charge is -2.15. The first-order valence-electron chi connectivity index (χ1n) is 9.70. The highest BCUT2D eigenvalue weighted by Gasteiger charge is 2.34. The summed E-state index contributed by atoms with van der Waals surface area (Å²) in [7, 11) is 0. The molecule has 0 spiro atoms. The maximum atomic E-state index is 13.6. The number of carbonyl (C=O) groups is 1. The van der Waals surface area contributed by atoms with Crippen molar-refractivity contribution in [2.45, 2.75) is 32.5 Å². The molecule has 4 aromatic rings. The fourth-order valence-corrected chi connectivity index (χ4v) is 3.90. The fourth-order valence-electron chi connectivity index (χ4n) is 3.90. The maximum Gasteiger partial charge on any atom is 0.416 e. The van der Waals surface area contributed by atoms with Gasteiger partial charge in [-0.15, -0.1) is 0 Å². The average Bonchev–Trinajstić information content (AvgIpc) is 3.01. The summed E-state index contributed by atoms with van der Waals surface area (Å²) in [6.45, 7) is 3.84. The van der Waals surface area contributed by atoms with Gasteiger partial charge in [0.25, 0.3) is 0 Å². The predicted octanol–water partition coefficient (Wildman–Crippen LogP) is 6.02. The van der Waals surface area contributed by atoms with Crippen LogP contribution in [0.2, 0.25) is 0 Å². The quantitative estimate of drug-likeness (QED) is 0.398. The highest BCUT2D eigenvalue weighted by molar-refractivity contribution is 6.17. The van der Waals surface area contributed by atoms with Gasteiger partial charge in [0, 0.05) is 22.9 Å². The Morgan fingerprint density at radius 2 is 1.87 bits per heavy atom. The highest BCUT2D eigenvalue weighted by Crippen LogP contribution is 2.37. The Bertz CT molecular complexity index is 1320. The van der Waals surface area contributed by atoms with E-state index in [9.17, 15) is 22.4 Å². The van der Waals surface area contributed by atoms with Crippen molar-refractivity contribution in [1.82, 2.24) is 4.57 Å². The van der Waals surface area contributed by atoms with Crippen LogP contribution in [0.1, 0.15) is 46.8 Å². The number of nitrogens with two attached hydrogens (primary N) is 1. The molecule has 0 aliphatic heterocycles. The number of primary amides is 1. The second kappa shape index (κ2) is 7.41. The molecule has 0 aliphatic rings. The van der Waals surface area contributed by atoms with Gasteiger partial charge in [0.1, 0.15) is 5.82 Å². The SMILES string of the molecule is CC(C)c1c[c]c2c3c(C(N)=O)cccc3n(Cc3ccc(F)cc3C(F)(F)F)c2c1. The molecular formula is C24H19F4N2O. The number of hydrogen-bond donors (Lipinski definition) is 1. The molecule has 4 rings (SSSR count). The summed E-state index contributed by atoms with van der Waals surface area (Å²) >= 11 is 0. The fraction of sp³-hybridized carbons (Fsp3) is 0.208. The number of alkyl halides is 3. The zero-order valence-electron chi connectivity index (χ0n) is 16.8. The largest absolute Gasteiger partial charge is 0.416 e. The van der Waals surface area contributed by atoms with Gasteiger partial charge in [-0.1, -0.05) is 32.0 Å². The molecule has 0 aliphatic carbocycles. The minimum atomic E-state index is -4.70. The van der Waals surface area contributed by atoms with Crippen LogP contribution in [0.5, 0.6) is 0 Å². The molecule has 0 unspecified atom stereocenters. The minimum absolute atomic E-state index is 0.0767. The Morgan fingerprint density at radius 3 is 2.52 bits per heavy atom. The van der Waals surface area contributed by atoms with Crippen LogP contribution in [-0.2, 0) is 12.7 Å². The highest BCUT2D eigenvalue weighted by atomic mass is 19.4. The Kier molecular flexibility index (Phi) is 5.00. The van der Waals surface area contributed by atoms with E-state index >= 15 is 0 Å². The first-order chi connectivity index (χ1) is 14.6. The molecule has 2 N–H and O–H groups in total. The molecule has 0 bridgehead atoms. The summed E-state index contributed by atoms with van der Waals surface area (Å²) in [4.78, 5) is 12.0. The summed E-state index contributed by atoms with van der Waals surface area (Å²) in [5, 5.41) is 1.14. The molecule has 3 aromatic carbocycles. The number of rotatable bonds is 4. The molecular weight excluding hydrogens is 408 g/mol. The van der Waals surface area contributed by atoms with Gasteiger partial charge in [-0.3, -0.25) is 4.79 Å². The van der Waals surface area contributed by atoms with E-state index in [1.165, 1.54) is 0 Å². The second-order valence-corrected chi connectivity index (χ2v) is 7.80. The average molecular weight is 427 g/mol. The lowest BCUT2D eigenvalue weighted by molar-refractivity contribution is -0.138. The summed E-state index contributed by atoms with van der Waals surface area (Å²) < 4.78 is 56.0. The number of carbonyl (C=O) groups excluding carboxylic acids is 1. The van der Waals surface area contributed by atoms with Gasteiger partial charge in [-0.2, -0.15) is 13.2 Å². The standard InChI is InChI=1S/C24H19F4N2O/c1-13(2)14-7-9-17-21(10-14)30(20-5-3-4-18(22(17)20)23(29)31)12-15-6-8-16(25)11-19(15)24(26,27)28/h3-8,10-11,13H,12H2,1-2H3,(H2,29,31). The zero-order chi connectivity index (χ0) is 22.5. The third kappa shape index (κ3) is 3.65. The minimum Gasteiger partial charge on any atom is -0.366 e. The maximum absolute atomic E-state index is 13.6. The molecule has 3 nitrogen and oxygen atoms in total. The lowest BCUT2D eigenvalue weighted by Crippen LogP contribution is -2.13. The van der Waals surface area contributed by atoms with Crippen molar-refractivity contribution in [3.63, 3.8) is 0 Å². The van der Waals surface area contributed by atoms with E-state index < -0.39 is 23.5 Å². The van der Waals surface area contributed by atoms with Gasteiger partial charge in [-0.05, 0) is 53.4 Å². The van der Waals surface area contributed by atoms with E-state index in [1.807, 2.05) is 26.0 Å². The lowest BCUT2D eigenvalue weighted by atomic mass is 10.00. The third-order valence-corrected chi connectivity index (χ3v) is 5.45. The van der Waals surface area contributed by atoms with Gasteiger partial charge in [0.15, 0.2) is 0 Å². The normalized spacial score (nSPS) is 12.2. The molecule has 1 radical (unpaired) electrons. The molecule has 1 heterocycles. The molecule has 0 saturated carbocycles. The van der Waals surface area contributed by atoms with Crippen LogP contribution in [0.25, 0.3) is 21.8 Å². The molecule has 31 heavy (non-hydrogen) atoms. The summed E-state index contributed by atoms with van der Waals surface area (Å²) in [5.41, 5.74) is 6.86. The smallest absolute Gasteiger partial charge is 0.366 e. The summed E-state index contributed by atoms with van der Waals surface area (Å²) in [5.74, 6) is -1.42. The number of aromatic nitrogens is 1. The van der Waals surface area contributed by atoms with Crippen molar-refractivity contribution < 1.29 is 22.4 Å². The summed E-state index contributed by atoms with van der Waals surface area (Å²) in [6.07, 6.45) is -4.70. The van der Waals surface area contributed by atoms with Crippen molar-refractivity contribution in [2.24, 2.45) is 5.73 Å². The van der Waals surface area contributed by atoms with E-state index in [4.69, 9.17) is 5.73 Å². The van der Waals surface area contributed by atoms with Gasteiger partial charge in [0.2, 0.25) is 5.91 Å². The topological polar surface area (TPSA) is 48.0 Å². The molecule has 1 aromatic heterocycles. The molecule has 0 saturated heterocycles. The zero-order valence-corrected chi connectivity index (χ0v) is 16.8. The Morgan fingerprint density at radius 1 is 1.13 bits per heavy atom.